The van der Waals surface area contributed by atoms with Crippen LogP contribution in [0, 0.1) is 11.3 Å². The molecule has 2 saturated carbocycles. The summed E-state index contributed by atoms with van der Waals surface area (Å²) in [6.07, 6.45) is 3.35. The van der Waals surface area contributed by atoms with Crippen molar-refractivity contribution in [1.29, 1.82) is 0 Å². The zero-order valence-electron chi connectivity index (χ0n) is 24.4. The minimum absolute atomic E-state index is 0.0408. The predicted molar refractivity (Wildman–Crippen MR) is 166 cm³/mol. The molecule has 1 aliphatic heterocycles. The largest absolute Gasteiger partial charge is 0.472 e. The van der Waals surface area contributed by atoms with Crippen molar-refractivity contribution in [2.75, 3.05) is 32.1 Å². The number of sulfonamides is 1. The van der Waals surface area contributed by atoms with Gasteiger partial charge in [0, 0.05) is 50.2 Å². The molecule has 3 N–H and O–H groups in total. The second-order valence-electron chi connectivity index (χ2n) is 12.0. The zero-order chi connectivity index (χ0) is 30.4. The Balaban J connectivity index is 1.11. The van der Waals surface area contributed by atoms with Gasteiger partial charge in [-0.15, -0.1) is 6.58 Å². The first kappa shape index (κ1) is 29.1. The van der Waals surface area contributed by atoms with Gasteiger partial charge in [0.25, 0.3) is 0 Å². The number of carbonyl (C=O) groups excluding carboxylic acids is 2. The van der Waals surface area contributed by atoms with Gasteiger partial charge in [-0.3, -0.25) is 14.3 Å². The number of pyridine rings is 1. The normalized spacial score (nSPS) is 24.7. The highest BCUT2D eigenvalue weighted by atomic mass is 32.2. The van der Waals surface area contributed by atoms with Crippen molar-refractivity contribution in [3.05, 3.63) is 67.3 Å². The average molecular weight is 604 g/mol. The van der Waals surface area contributed by atoms with E-state index in [0.717, 1.165) is 27.7 Å². The van der Waals surface area contributed by atoms with Gasteiger partial charge < -0.3 is 20.3 Å². The van der Waals surface area contributed by atoms with E-state index in [4.69, 9.17) is 9.72 Å². The van der Waals surface area contributed by atoms with Crippen molar-refractivity contribution >= 4 is 38.3 Å². The van der Waals surface area contributed by atoms with Gasteiger partial charge in [-0.2, -0.15) is 0 Å². The van der Waals surface area contributed by atoms with Gasteiger partial charge in [0.1, 0.15) is 6.10 Å². The number of allylic oxidation sites excluding steroid dienone is 1. The molecule has 2 heterocycles. The first-order valence-corrected chi connectivity index (χ1v) is 16.2. The van der Waals surface area contributed by atoms with E-state index in [1.54, 1.807) is 6.08 Å². The molecule has 3 aromatic rings. The van der Waals surface area contributed by atoms with E-state index in [1.165, 1.54) is 0 Å². The molecule has 2 amide bonds. The minimum Gasteiger partial charge on any atom is -0.472 e. The van der Waals surface area contributed by atoms with Crippen LogP contribution in [0.5, 0.6) is 5.88 Å². The van der Waals surface area contributed by atoms with Gasteiger partial charge in [-0.05, 0) is 54.8 Å². The van der Waals surface area contributed by atoms with E-state index in [-0.39, 0.29) is 24.5 Å². The van der Waals surface area contributed by atoms with Gasteiger partial charge in [0.2, 0.25) is 27.7 Å². The first-order chi connectivity index (χ1) is 20.6. The highest BCUT2D eigenvalue weighted by molar-refractivity contribution is 7.90. The molecule has 2 aromatic carbocycles. The van der Waals surface area contributed by atoms with Crippen LogP contribution >= 0.6 is 0 Å². The van der Waals surface area contributed by atoms with Crippen molar-refractivity contribution in [2.24, 2.45) is 11.3 Å². The number of fused-ring (bicyclic) bond motifs is 1. The van der Waals surface area contributed by atoms with Crippen molar-refractivity contribution < 1.29 is 22.7 Å². The third kappa shape index (κ3) is 5.96. The van der Waals surface area contributed by atoms with E-state index in [1.807, 2.05) is 61.5 Å². The number of rotatable bonds is 11. The predicted octanol–water partition coefficient (Wildman–Crippen LogP) is 2.99. The summed E-state index contributed by atoms with van der Waals surface area (Å²) in [5, 5.41) is 7.50. The minimum atomic E-state index is -3.68. The van der Waals surface area contributed by atoms with Crippen molar-refractivity contribution in [3.63, 3.8) is 0 Å². The Hall–Kier alpha value is -3.96. The SMILES string of the molecule is C=C[C@@H]1C[C@]1(CNC(=O)[C@@H]1C[C@@H](Oc2nc(-c3ccc(N(C)C)cc3)cc3ccccc23)CN1)C(=O)NS(=O)(=O)C1CC1. The molecular formula is C32H37N5O5S. The number of hydrogen-bond donors (Lipinski definition) is 3. The molecule has 1 aromatic heterocycles. The van der Waals surface area contributed by atoms with E-state index in [2.05, 4.69) is 34.1 Å². The second kappa shape index (κ2) is 11.3. The molecule has 0 spiro atoms. The maximum atomic E-state index is 13.1. The lowest BCUT2D eigenvalue weighted by molar-refractivity contribution is -0.126. The summed E-state index contributed by atoms with van der Waals surface area (Å²) in [6.45, 7) is 4.27. The molecule has 0 bridgehead atoms. The van der Waals surface area contributed by atoms with Crippen molar-refractivity contribution in [2.45, 2.75) is 43.1 Å². The van der Waals surface area contributed by atoms with E-state index in [0.29, 0.717) is 38.1 Å². The van der Waals surface area contributed by atoms with Gasteiger partial charge in [-0.1, -0.05) is 36.4 Å². The Morgan fingerprint density at radius 3 is 2.58 bits per heavy atom. The Labute approximate surface area is 251 Å². The third-order valence-corrected chi connectivity index (χ3v) is 10.5. The summed E-state index contributed by atoms with van der Waals surface area (Å²) < 4.78 is 33.3. The molecule has 0 unspecified atom stereocenters. The quantitative estimate of drug-likeness (QED) is 0.285. The number of hydrogen-bond acceptors (Lipinski definition) is 8. The molecule has 3 aliphatic rings. The smallest absolute Gasteiger partial charge is 0.242 e. The summed E-state index contributed by atoms with van der Waals surface area (Å²) in [5.74, 6) is -0.512. The number of nitrogens with zero attached hydrogens (tertiary/aromatic N) is 2. The molecule has 10 nitrogen and oxygen atoms in total. The number of nitrogens with one attached hydrogen (secondary N) is 3. The summed E-state index contributed by atoms with van der Waals surface area (Å²) in [7, 11) is 0.322. The Kier molecular flexibility index (Phi) is 7.64. The van der Waals surface area contributed by atoms with Crippen molar-refractivity contribution in [3.8, 4) is 17.1 Å². The first-order valence-electron chi connectivity index (χ1n) is 14.6. The molecule has 2 aliphatic carbocycles. The summed E-state index contributed by atoms with van der Waals surface area (Å²) >= 11 is 0. The maximum absolute atomic E-state index is 13.1. The number of carbonyl (C=O) groups is 2. The summed E-state index contributed by atoms with van der Waals surface area (Å²) in [6, 6.07) is 17.6. The average Bonchev–Trinajstić information content (AvgIpc) is 3.92. The Bertz CT molecular complexity index is 1670. The van der Waals surface area contributed by atoms with E-state index < -0.39 is 32.6 Å². The van der Waals surface area contributed by atoms with Crippen molar-refractivity contribution in [1.82, 2.24) is 20.3 Å². The Morgan fingerprint density at radius 2 is 1.91 bits per heavy atom. The van der Waals surface area contributed by atoms with Crippen LogP contribution in [0.3, 0.4) is 0 Å². The molecule has 6 rings (SSSR count). The van der Waals surface area contributed by atoms with Crippen LogP contribution in [-0.4, -0.2) is 69.8 Å². The summed E-state index contributed by atoms with van der Waals surface area (Å²) in [4.78, 5) is 33.0. The number of benzene rings is 2. The Morgan fingerprint density at radius 1 is 1.16 bits per heavy atom. The maximum Gasteiger partial charge on any atom is 0.242 e. The second-order valence-corrected chi connectivity index (χ2v) is 14.0. The molecule has 3 fully saturated rings. The number of anilines is 1. The van der Waals surface area contributed by atoms with Crippen LogP contribution in [0.1, 0.15) is 25.7 Å². The summed E-state index contributed by atoms with van der Waals surface area (Å²) in [5.41, 5.74) is 1.87. The fourth-order valence-corrected chi connectivity index (χ4v) is 7.12. The molecule has 1 saturated heterocycles. The lowest BCUT2D eigenvalue weighted by Gasteiger charge is -2.19. The van der Waals surface area contributed by atoms with Crippen LogP contribution in [0.4, 0.5) is 5.69 Å². The number of aromatic nitrogens is 1. The molecule has 43 heavy (non-hydrogen) atoms. The molecular weight excluding hydrogens is 566 g/mol. The number of ether oxygens (including phenoxy) is 1. The highest BCUT2D eigenvalue weighted by Crippen LogP contribution is 2.53. The van der Waals surface area contributed by atoms with Crippen LogP contribution in [0.25, 0.3) is 22.0 Å². The zero-order valence-corrected chi connectivity index (χ0v) is 25.2. The van der Waals surface area contributed by atoms with Crippen LogP contribution in [0.2, 0.25) is 0 Å². The van der Waals surface area contributed by atoms with Crippen LogP contribution < -0.4 is 25.0 Å². The van der Waals surface area contributed by atoms with E-state index in [9.17, 15) is 18.0 Å². The fraction of sp³-hybridized carbons (Fsp3) is 0.406. The van der Waals surface area contributed by atoms with Gasteiger partial charge in [-0.25, -0.2) is 13.4 Å². The van der Waals surface area contributed by atoms with Gasteiger partial charge >= 0.3 is 0 Å². The van der Waals surface area contributed by atoms with E-state index >= 15 is 0 Å². The van der Waals surface area contributed by atoms with Crippen LogP contribution in [0.15, 0.2) is 67.3 Å². The third-order valence-electron chi connectivity index (χ3n) is 8.72. The molecule has 0 radical (unpaired) electrons. The van der Waals surface area contributed by atoms with Gasteiger partial charge in [0.05, 0.1) is 22.4 Å². The lowest BCUT2D eigenvalue weighted by atomic mass is 10.0. The standard InChI is InChI=1S/C32H37N5O5S/c1-4-22-17-32(22,31(39)36-43(40,41)25-13-14-25)19-34-29(38)28-16-24(18-33-28)42-30-26-8-6-5-7-21(26)15-27(35-30)20-9-11-23(12-10-20)37(2)3/h4-12,15,22,24-25,28,33H,1,13-14,16-19H2,2-3H3,(H,34,38)(H,36,39)/t22-,24-,28+,32-/m1/s1. The molecule has 226 valence electrons. The molecule has 11 heteroatoms. The molecule has 4 atom stereocenters. The fourth-order valence-electron chi connectivity index (χ4n) is 5.73. The highest BCUT2D eigenvalue weighted by Gasteiger charge is 2.59. The van der Waals surface area contributed by atoms with Gasteiger partial charge in [0.15, 0.2) is 0 Å². The topological polar surface area (TPSA) is 130 Å². The lowest BCUT2D eigenvalue weighted by Crippen LogP contribution is -2.47. The van der Waals surface area contributed by atoms with Crippen LogP contribution in [-0.2, 0) is 19.6 Å². The number of amides is 2. The monoisotopic (exact) mass is 603 g/mol.